The third-order valence-electron chi connectivity index (χ3n) is 15.2. The molecule has 0 spiro atoms. The van der Waals surface area contributed by atoms with Crippen molar-refractivity contribution in [2.45, 2.75) is 175 Å². The molecule has 26 heteroatoms. The number of carbonyl (C=O) groups is 11. The largest absolute Gasteiger partial charge is 0.481 e. The van der Waals surface area contributed by atoms with E-state index in [1.54, 1.807) is 43.0 Å². The Bertz CT molecular complexity index is 2650. The lowest BCUT2D eigenvalue weighted by atomic mass is 9.92. The Kier molecular flexibility index (Phi) is 27.4. The molecule has 0 bridgehead atoms. The first-order valence-electron chi connectivity index (χ1n) is 29.0. The van der Waals surface area contributed by atoms with Crippen LogP contribution < -0.4 is 43.4 Å². The van der Waals surface area contributed by atoms with Crippen LogP contribution >= 0.6 is 11.3 Å². The van der Waals surface area contributed by atoms with Gasteiger partial charge in [0.05, 0.1) is 12.0 Å². The van der Waals surface area contributed by atoms with Gasteiger partial charge in [-0.2, -0.15) is 0 Å². The molecule has 10 atom stereocenters. The number of hydrogen-bond acceptors (Lipinski definition) is 16. The zero-order chi connectivity index (χ0) is 62.5. The number of nitrogens with zero attached hydrogens (tertiary/aromatic N) is 4. The van der Waals surface area contributed by atoms with Crippen molar-refractivity contribution in [1.82, 2.24) is 46.3 Å². The maximum Gasteiger partial charge on any atom is 0.312 e. The number of carbonyl (C=O) groups excluding carboxylic acids is 10. The molecule has 1 unspecified atom stereocenters. The van der Waals surface area contributed by atoms with Gasteiger partial charge in [0, 0.05) is 68.3 Å². The SMILES string of the molecule is CCCN(C(=O)[C@@H](NC(=O)[C@H]1CCCCN1C)[C@@H](C)CC)[C@H](C[C@@H](OC(C)=O)c1nc(C(=O)N[C@@H](Cc2ccc(NC(=O)[C@H](CCCNC(N)=O)NC(=O)[C@@H](NC(=O)C(CN)N3C(=O)C=CC3=O)C(C)C)cc2)C[C@H](C)C(=O)O)cs1)C(C)C. The van der Waals surface area contributed by atoms with Crippen LogP contribution in [-0.2, 0) is 54.3 Å². The van der Waals surface area contributed by atoms with Gasteiger partial charge in [0.25, 0.3) is 17.7 Å². The number of likely N-dealkylation sites (tertiary alicyclic amines) is 1. The van der Waals surface area contributed by atoms with Gasteiger partial charge in [-0.3, -0.25) is 57.7 Å². The number of nitrogens with two attached hydrogens (primary N) is 2. The van der Waals surface area contributed by atoms with E-state index in [0.29, 0.717) is 47.0 Å². The van der Waals surface area contributed by atoms with E-state index in [-0.39, 0.29) is 74.0 Å². The molecular formula is C58H88N12O13S. The second-order valence-electron chi connectivity index (χ2n) is 22.5. The topological polar surface area (TPSA) is 364 Å². The zero-order valence-corrected chi connectivity index (χ0v) is 50.9. The number of thiazole rings is 1. The van der Waals surface area contributed by atoms with Crippen molar-refractivity contribution in [1.29, 1.82) is 0 Å². The summed E-state index contributed by atoms with van der Waals surface area (Å²) in [5.74, 6) is -8.22. The summed E-state index contributed by atoms with van der Waals surface area (Å²) in [5.41, 5.74) is 12.0. The first kappa shape index (κ1) is 69.2. The molecule has 10 amide bonds. The van der Waals surface area contributed by atoms with Crippen LogP contribution in [0, 0.1) is 23.7 Å². The Morgan fingerprint density at radius 3 is 2.08 bits per heavy atom. The van der Waals surface area contributed by atoms with Crippen LogP contribution in [0.1, 0.15) is 147 Å². The quantitative estimate of drug-likeness (QED) is 0.0282. The highest BCUT2D eigenvalue weighted by atomic mass is 32.1. The molecule has 3 heterocycles. The highest BCUT2D eigenvalue weighted by molar-refractivity contribution is 7.09. The van der Waals surface area contributed by atoms with Gasteiger partial charge in [-0.1, -0.05) is 80.4 Å². The van der Waals surface area contributed by atoms with Gasteiger partial charge in [0.15, 0.2) is 6.10 Å². The van der Waals surface area contributed by atoms with E-state index < -0.39 is 114 Å². The summed E-state index contributed by atoms with van der Waals surface area (Å²) in [7, 11) is 1.92. The molecule has 2 aliphatic heterocycles. The number of primary amides is 1. The van der Waals surface area contributed by atoms with Crippen LogP contribution in [0.25, 0.3) is 0 Å². The second kappa shape index (κ2) is 33.2. The molecule has 84 heavy (non-hydrogen) atoms. The third kappa shape index (κ3) is 20.2. The van der Waals surface area contributed by atoms with Crippen molar-refractivity contribution in [2.75, 3.05) is 38.5 Å². The number of esters is 1. The molecule has 0 aliphatic carbocycles. The number of aromatic nitrogens is 1. The zero-order valence-electron chi connectivity index (χ0n) is 50.1. The molecule has 0 saturated carbocycles. The van der Waals surface area contributed by atoms with Gasteiger partial charge < -0.3 is 58.1 Å². The molecule has 25 nitrogen and oxygen atoms in total. The summed E-state index contributed by atoms with van der Waals surface area (Å²) >= 11 is 1.10. The van der Waals surface area contributed by atoms with Gasteiger partial charge in [0.2, 0.25) is 29.5 Å². The van der Waals surface area contributed by atoms with Crippen LogP contribution in [0.5, 0.6) is 0 Å². The Balaban J connectivity index is 1.52. The average Bonchev–Trinajstić information content (AvgIpc) is 4.18. The summed E-state index contributed by atoms with van der Waals surface area (Å²) < 4.78 is 5.90. The molecular weight excluding hydrogens is 1100 g/mol. The Hall–Kier alpha value is -7.32. The van der Waals surface area contributed by atoms with Crippen molar-refractivity contribution in [3.8, 4) is 0 Å². The number of piperidine rings is 1. The minimum Gasteiger partial charge on any atom is -0.481 e. The number of aliphatic carboxylic acids is 1. The number of imide groups is 1. The summed E-state index contributed by atoms with van der Waals surface area (Å²) in [6.45, 7) is 16.7. The van der Waals surface area contributed by atoms with Crippen LogP contribution in [0.2, 0.25) is 0 Å². The Morgan fingerprint density at radius 1 is 0.857 bits per heavy atom. The lowest BCUT2D eigenvalue weighted by molar-refractivity contribution is -0.150. The Morgan fingerprint density at radius 2 is 1.52 bits per heavy atom. The van der Waals surface area contributed by atoms with E-state index >= 15 is 0 Å². The number of anilines is 1. The monoisotopic (exact) mass is 1190 g/mol. The molecule has 1 saturated heterocycles. The van der Waals surface area contributed by atoms with Crippen molar-refractivity contribution < 1.29 is 62.6 Å². The van der Waals surface area contributed by atoms with E-state index in [2.05, 4.69) is 36.9 Å². The summed E-state index contributed by atoms with van der Waals surface area (Å²) in [5, 5.41) is 28.3. The van der Waals surface area contributed by atoms with Gasteiger partial charge in [-0.25, -0.2) is 9.78 Å². The van der Waals surface area contributed by atoms with E-state index in [9.17, 15) is 57.8 Å². The number of carboxylic acids is 1. The summed E-state index contributed by atoms with van der Waals surface area (Å²) in [6.07, 6.45) is 5.42. The van der Waals surface area contributed by atoms with Crippen molar-refractivity contribution in [3.63, 3.8) is 0 Å². The van der Waals surface area contributed by atoms with Gasteiger partial charge >= 0.3 is 18.0 Å². The summed E-state index contributed by atoms with van der Waals surface area (Å²) in [4.78, 5) is 154. The predicted octanol–water partition coefficient (Wildman–Crippen LogP) is 3.13. The minimum atomic E-state index is -1.41. The lowest BCUT2D eigenvalue weighted by Gasteiger charge is -2.40. The van der Waals surface area contributed by atoms with E-state index in [0.717, 1.165) is 42.9 Å². The normalized spacial score (nSPS) is 17.6. The molecule has 11 N–H and O–H groups in total. The van der Waals surface area contributed by atoms with E-state index in [1.807, 2.05) is 46.6 Å². The maximum absolute atomic E-state index is 14.8. The fourth-order valence-corrected chi connectivity index (χ4v) is 11.1. The molecule has 1 aromatic carbocycles. The number of amides is 10. The van der Waals surface area contributed by atoms with Gasteiger partial charge in [-0.05, 0) is 94.0 Å². The van der Waals surface area contributed by atoms with Gasteiger partial charge in [-0.15, -0.1) is 11.3 Å². The van der Waals surface area contributed by atoms with Crippen LogP contribution in [0.3, 0.4) is 0 Å². The highest BCUT2D eigenvalue weighted by Gasteiger charge is 2.40. The van der Waals surface area contributed by atoms with Gasteiger partial charge in [0.1, 0.15) is 34.9 Å². The third-order valence-corrected chi connectivity index (χ3v) is 16.1. The number of hydrogen-bond donors (Lipinski definition) is 9. The van der Waals surface area contributed by atoms with E-state index in [4.69, 9.17) is 16.2 Å². The van der Waals surface area contributed by atoms with Crippen LogP contribution in [0.15, 0.2) is 41.8 Å². The average molecular weight is 1190 g/mol. The molecule has 1 fully saturated rings. The van der Waals surface area contributed by atoms with Crippen molar-refractivity contribution >= 4 is 82.3 Å². The first-order valence-corrected chi connectivity index (χ1v) is 29.9. The molecule has 464 valence electrons. The first-order chi connectivity index (χ1) is 39.7. The number of rotatable bonds is 33. The standard InChI is InChI=1S/C58H88N12O13S/c1-11-25-69(56(79)49(34(7)12-2)67-52(76)42-17-13-14-26-68(42)10)43(32(3)4)29-45(83-36(9)71)55-65-41(31-84-55)51(75)63-39(27-35(8)57(80)81)28-37-18-20-38(21-19-37)62-50(74)40(16-15-24-61-58(60)82)64-54(78)48(33(5)6)66-53(77)44(30-59)70-46(72)22-23-47(70)73/h18-23,31-35,39-40,42-45,48-49H,11-17,24-30,59H2,1-10H3,(H,62,74)(H,63,75)(H,64,78)(H,66,77)(H,67,76)(H,80,81)(H3,60,61,82)/t34-,35-,39+,40-,42+,43+,44?,45+,48-,49-/m0/s1. The molecule has 1 aromatic heterocycles. The molecule has 2 aromatic rings. The highest BCUT2D eigenvalue weighted by Crippen LogP contribution is 2.32. The number of carboxylic acid groups (broad SMARTS) is 1. The smallest absolute Gasteiger partial charge is 0.312 e. The fourth-order valence-electron chi connectivity index (χ4n) is 10.2. The van der Waals surface area contributed by atoms with E-state index in [1.165, 1.54) is 19.2 Å². The van der Waals surface area contributed by atoms with Crippen molar-refractivity contribution in [2.24, 2.45) is 35.1 Å². The van der Waals surface area contributed by atoms with Crippen LogP contribution in [-0.4, -0.2) is 166 Å². The number of ether oxygens (including phenoxy) is 1. The Labute approximate surface area is 495 Å². The fraction of sp³-hybridized carbons (Fsp3) is 0.621. The predicted molar refractivity (Wildman–Crippen MR) is 314 cm³/mol. The number of nitrogens with one attached hydrogen (secondary N) is 6. The number of likely N-dealkylation sites (N-methyl/N-ethyl adjacent to an activating group) is 1. The molecule has 4 rings (SSSR count). The number of urea groups is 1. The molecule has 2 aliphatic rings. The second-order valence-corrected chi connectivity index (χ2v) is 23.4. The van der Waals surface area contributed by atoms with Crippen LogP contribution in [0.4, 0.5) is 10.5 Å². The minimum absolute atomic E-state index is 0.00508. The summed E-state index contributed by atoms with van der Waals surface area (Å²) in [6, 6.07) is -0.520. The lowest BCUT2D eigenvalue weighted by Crippen LogP contribution is -2.60. The van der Waals surface area contributed by atoms with Crippen molar-refractivity contribution in [3.05, 3.63) is 58.1 Å². The molecule has 0 radical (unpaired) electrons. The number of benzene rings is 1. The maximum atomic E-state index is 14.8.